The Labute approximate surface area is 44.9 Å². The van der Waals surface area contributed by atoms with E-state index >= 15 is 0 Å². The van der Waals surface area contributed by atoms with E-state index in [-0.39, 0.29) is 0 Å². The van der Waals surface area contributed by atoms with Crippen molar-refractivity contribution in [2.24, 2.45) is 0 Å². The number of rotatable bonds is 0. The number of halogens is 1. The lowest BCUT2D eigenvalue weighted by molar-refractivity contribution is 0.493. The number of hydrogen-bond acceptors (Lipinski definition) is 2. The molecular weight excluding hydrogens is 119 g/mol. The molecule has 1 aliphatic rings. The van der Waals surface area contributed by atoms with Crippen LogP contribution in [0.25, 0.3) is 0 Å². The summed E-state index contributed by atoms with van der Waals surface area (Å²) in [6, 6.07) is 0. The number of thioether (sulfide) groups is 2. The minimum atomic E-state index is -0.574. The van der Waals surface area contributed by atoms with Crippen LogP contribution in [0.15, 0.2) is 0 Å². The van der Waals surface area contributed by atoms with Gasteiger partial charge in [0.25, 0.3) is 0 Å². The number of alkyl halides is 1. The summed E-state index contributed by atoms with van der Waals surface area (Å²) < 4.78 is 11.9. The van der Waals surface area contributed by atoms with Crippen molar-refractivity contribution in [3.63, 3.8) is 0 Å². The molecule has 1 atom stereocenters. The Morgan fingerprint density at radius 3 is 2.67 bits per heavy atom. The van der Waals surface area contributed by atoms with E-state index in [1.54, 1.807) is 11.8 Å². The zero-order valence-electron chi connectivity index (χ0n) is 3.19. The van der Waals surface area contributed by atoms with Gasteiger partial charge >= 0.3 is 0 Å². The minimum Gasteiger partial charge on any atom is -0.235 e. The molecule has 0 amide bonds. The normalized spacial score (nSPS) is 34.5. The summed E-state index contributed by atoms with van der Waals surface area (Å²) in [6.07, 6.45) is 0. The Bertz CT molecular complexity index is 42.1. The smallest absolute Gasteiger partial charge is 0.155 e. The third kappa shape index (κ3) is 1.05. The third-order valence-corrected chi connectivity index (χ3v) is 3.06. The van der Waals surface area contributed by atoms with E-state index in [4.69, 9.17) is 0 Å². The molecule has 1 unspecified atom stereocenters. The van der Waals surface area contributed by atoms with Crippen molar-refractivity contribution in [2.45, 2.75) is 5.50 Å². The predicted molar refractivity (Wildman–Crippen MR) is 29.8 cm³/mol. The summed E-state index contributed by atoms with van der Waals surface area (Å²) in [7, 11) is 0. The predicted octanol–water partition coefficient (Wildman–Crippen LogP) is 1.72. The van der Waals surface area contributed by atoms with Gasteiger partial charge in [0.2, 0.25) is 0 Å². The lowest BCUT2D eigenvalue weighted by Gasteiger charge is -1.85. The monoisotopic (exact) mass is 124 g/mol. The van der Waals surface area contributed by atoms with Gasteiger partial charge in [-0.2, -0.15) is 0 Å². The van der Waals surface area contributed by atoms with Gasteiger partial charge in [-0.05, 0) is 0 Å². The van der Waals surface area contributed by atoms with E-state index < -0.39 is 5.50 Å². The molecule has 0 aliphatic carbocycles. The summed E-state index contributed by atoms with van der Waals surface area (Å²) >= 11 is 3.06. The first-order valence-corrected chi connectivity index (χ1v) is 3.93. The molecule has 0 radical (unpaired) electrons. The maximum Gasteiger partial charge on any atom is 0.155 e. The molecule has 0 bridgehead atoms. The van der Waals surface area contributed by atoms with E-state index in [2.05, 4.69) is 0 Å². The van der Waals surface area contributed by atoms with Gasteiger partial charge in [-0.15, -0.1) is 23.5 Å². The fourth-order valence-electron chi connectivity index (χ4n) is 0.311. The Balaban J connectivity index is 2.18. The molecule has 1 rings (SSSR count). The van der Waals surface area contributed by atoms with Gasteiger partial charge < -0.3 is 0 Å². The Hall–Kier alpha value is 0.630. The highest BCUT2D eigenvalue weighted by Crippen LogP contribution is 2.29. The van der Waals surface area contributed by atoms with E-state index in [1.807, 2.05) is 0 Å². The van der Waals surface area contributed by atoms with Crippen molar-refractivity contribution in [1.82, 2.24) is 0 Å². The van der Waals surface area contributed by atoms with Gasteiger partial charge in [0, 0.05) is 10.8 Å². The number of hydrogen-bond donors (Lipinski definition) is 0. The van der Waals surface area contributed by atoms with Crippen LogP contribution in [-0.4, -0.2) is 16.3 Å². The van der Waals surface area contributed by atoms with Crippen molar-refractivity contribution in [3.8, 4) is 0 Å². The van der Waals surface area contributed by atoms with Gasteiger partial charge in [0.05, 0.1) is 0 Å². The molecule has 0 N–H and O–H groups in total. The second-order valence-corrected chi connectivity index (χ2v) is 3.59. The SMILES string of the molecule is FC1CSCS1. The molecule has 6 heavy (non-hydrogen) atoms. The third-order valence-electron chi connectivity index (χ3n) is 0.581. The average molecular weight is 124 g/mol. The quantitative estimate of drug-likeness (QED) is 0.482. The molecule has 0 aromatic rings. The van der Waals surface area contributed by atoms with Gasteiger partial charge in [0.15, 0.2) is 5.50 Å². The first-order valence-electron chi connectivity index (χ1n) is 1.73. The molecule has 0 saturated carbocycles. The molecule has 1 heterocycles. The summed E-state index contributed by atoms with van der Waals surface area (Å²) in [6.45, 7) is 0. The molecule has 1 fully saturated rings. The van der Waals surface area contributed by atoms with Gasteiger partial charge in [-0.25, -0.2) is 4.39 Å². The zero-order valence-corrected chi connectivity index (χ0v) is 4.82. The molecule has 0 aromatic carbocycles. The highest BCUT2D eigenvalue weighted by molar-refractivity contribution is 8.19. The summed E-state index contributed by atoms with van der Waals surface area (Å²) in [5.74, 6) is 0.699. The second kappa shape index (κ2) is 2.07. The molecular formula is C3H5FS2. The van der Waals surface area contributed by atoms with Crippen LogP contribution in [0.4, 0.5) is 4.39 Å². The van der Waals surface area contributed by atoms with E-state index in [1.165, 1.54) is 11.8 Å². The summed E-state index contributed by atoms with van der Waals surface area (Å²) in [5.41, 5.74) is -0.574. The topological polar surface area (TPSA) is 0 Å². The Morgan fingerprint density at radius 2 is 2.50 bits per heavy atom. The fraction of sp³-hybridized carbons (Fsp3) is 1.00. The molecule has 0 aromatic heterocycles. The van der Waals surface area contributed by atoms with Gasteiger partial charge in [-0.3, -0.25) is 0 Å². The highest BCUT2D eigenvalue weighted by atomic mass is 32.2. The largest absolute Gasteiger partial charge is 0.235 e. The zero-order chi connectivity index (χ0) is 4.41. The van der Waals surface area contributed by atoms with E-state index in [9.17, 15) is 4.39 Å². The molecule has 1 aliphatic heterocycles. The second-order valence-electron chi connectivity index (χ2n) is 1.07. The highest BCUT2D eigenvalue weighted by Gasteiger charge is 2.12. The Kier molecular flexibility index (Phi) is 1.65. The van der Waals surface area contributed by atoms with Crippen molar-refractivity contribution in [3.05, 3.63) is 0 Å². The molecule has 0 nitrogen and oxygen atoms in total. The molecule has 1 saturated heterocycles. The van der Waals surface area contributed by atoms with Crippen LogP contribution < -0.4 is 0 Å². The minimum absolute atomic E-state index is 0.574. The fourth-order valence-corrected chi connectivity index (χ4v) is 2.53. The van der Waals surface area contributed by atoms with Crippen LogP contribution in [0.5, 0.6) is 0 Å². The molecule has 3 heteroatoms. The van der Waals surface area contributed by atoms with Gasteiger partial charge in [-0.1, -0.05) is 0 Å². The van der Waals surface area contributed by atoms with E-state index in [0.29, 0.717) is 5.75 Å². The lowest BCUT2D eigenvalue weighted by Crippen LogP contribution is -1.85. The van der Waals surface area contributed by atoms with Crippen LogP contribution in [-0.2, 0) is 0 Å². The maximum absolute atomic E-state index is 11.9. The summed E-state index contributed by atoms with van der Waals surface area (Å²) in [5, 5.41) is 0.946. The molecule has 0 spiro atoms. The lowest BCUT2D eigenvalue weighted by atomic mass is 10.9. The molecule has 36 valence electrons. The van der Waals surface area contributed by atoms with Crippen LogP contribution in [0.1, 0.15) is 0 Å². The standard InChI is InChI=1S/C3H5FS2/c4-3-1-5-2-6-3/h3H,1-2H2. The van der Waals surface area contributed by atoms with Crippen molar-refractivity contribution in [1.29, 1.82) is 0 Å². The van der Waals surface area contributed by atoms with Crippen LogP contribution >= 0.6 is 23.5 Å². The maximum atomic E-state index is 11.9. The van der Waals surface area contributed by atoms with E-state index in [0.717, 1.165) is 5.08 Å². The first kappa shape index (κ1) is 4.78. The van der Waals surface area contributed by atoms with Crippen molar-refractivity contribution >= 4 is 23.5 Å². The van der Waals surface area contributed by atoms with Gasteiger partial charge in [0.1, 0.15) is 0 Å². The van der Waals surface area contributed by atoms with Crippen molar-refractivity contribution in [2.75, 3.05) is 10.8 Å². The van der Waals surface area contributed by atoms with Crippen LogP contribution in [0, 0.1) is 0 Å². The summed E-state index contributed by atoms with van der Waals surface area (Å²) in [4.78, 5) is 0. The van der Waals surface area contributed by atoms with Crippen LogP contribution in [0.3, 0.4) is 0 Å². The van der Waals surface area contributed by atoms with Crippen molar-refractivity contribution < 1.29 is 4.39 Å². The first-order chi connectivity index (χ1) is 2.89. The Morgan fingerprint density at radius 1 is 1.67 bits per heavy atom. The van der Waals surface area contributed by atoms with Crippen LogP contribution in [0.2, 0.25) is 0 Å². The average Bonchev–Trinajstić information content (AvgIpc) is 1.86.